The number of carbonyl (C=O) groups is 1. The Balaban J connectivity index is 2.28. The Hall–Kier alpha value is -1.36. The molecular formula is C13H17NO3S. The van der Waals surface area contributed by atoms with Crippen molar-refractivity contribution in [1.82, 2.24) is 4.90 Å². The van der Waals surface area contributed by atoms with Crippen molar-refractivity contribution < 1.29 is 15.0 Å². The highest BCUT2D eigenvalue weighted by molar-refractivity contribution is 8.00. The van der Waals surface area contributed by atoms with Gasteiger partial charge in [-0.25, -0.2) is 0 Å². The van der Waals surface area contributed by atoms with Crippen molar-refractivity contribution >= 4 is 17.7 Å². The number of aromatic hydroxyl groups is 2. The summed E-state index contributed by atoms with van der Waals surface area (Å²) in [4.78, 5) is 14.1. The van der Waals surface area contributed by atoms with Crippen molar-refractivity contribution in [3.05, 3.63) is 23.8 Å². The molecule has 0 saturated carbocycles. The van der Waals surface area contributed by atoms with Crippen molar-refractivity contribution in [2.24, 2.45) is 0 Å². The average molecular weight is 267 g/mol. The standard InChI is InChI=1S/C13H17NO3S/c1-8-9(2)18-7-6-14(8)13(17)10-4-3-5-11(15)12(10)16/h3-5,8-9,15-16H,6-7H2,1-2H3. The molecule has 1 aliphatic heterocycles. The lowest BCUT2D eigenvalue weighted by atomic mass is 10.1. The Labute approximate surface area is 111 Å². The number of para-hydroxylation sites is 1. The summed E-state index contributed by atoms with van der Waals surface area (Å²) in [6.45, 7) is 4.77. The number of carbonyl (C=O) groups excluding carboxylic acids is 1. The van der Waals surface area contributed by atoms with E-state index in [0.717, 1.165) is 5.75 Å². The van der Waals surface area contributed by atoms with Gasteiger partial charge in [0.1, 0.15) is 0 Å². The van der Waals surface area contributed by atoms with E-state index in [2.05, 4.69) is 6.92 Å². The average Bonchev–Trinajstić information content (AvgIpc) is 2.35. The third kappa shape index (κ3) is 2.27. The van der Waals surface area contributed by atoms with Crippen LogP contribution in [0.25, 0.3) is 0 Å². The van der Waals surface area contributed by atoms with Gasteiger partial charge in [-0.05, 0) is 19.1 Å². The van der Waals surface area contributed by atoms with E-state index in [4.69, 9.17) is 0 Å². The maximum Gasteiger partial charge on any atom is 0.258 e. The predicted octanol–water partition coefficient (Wildman–Crippen LogP) is 2.06. The number of benzene rings is 1. The Morgan fingerprint density at radius 3 is 2.83 bits per heavy atom. The molecule has 1 fully saturated rings. The van der Waals surface area contributed by atoms with Crippen LogP contribution in [0.1, 0.15) is 24.2 Å². The number of hydrogen-bond acceptors (Lipinski definition) is 4. The van der Waals surface area contributed by atoms with Crippen molar-refractivity contribution in [2.75, 3.05) is 12.3 Å². The summed E-state index contributed by atoms with van der Waals surface area (Å²) in [5.74, 6) is 0.0909. The monoisotopic (exact) mass is 267 g/mol. The molecule has 0 aliphatic carbocycles. The van der Waals surface area contributed by atoms with Gasteiger partial charge in [-0.1, -0.05) is 13.0 Å². The second kappa shape index (κ2) is 5.10. The summed E-state index contributed by atoms with van der Waals surface area (Å²) in [5, 5.41) is 19.6. The van der Waals surface area contributed by atoms with Crippen molar-refractivity contribution in [2.45, 2.75) is 25.1 Å². The van der Waals surface area contributed by atoms with Gasteiger partial charge in [-0.2, -0.15) is 11.8 Å². The molecule has 4 nitrogen and oxygen atoms in total. The first kappa shape index (κ1) is 13.1. The van der Waals surface area contributed by atoms with Crippen LogP contribution in [0.2, 0.25) is 0 Å². The minimum absolute atomic E-state index is 0.123. The van der Waals surface area contributed by atoms with Crippen molar-refractivity contribution in [3.63, 3.8) is 0 Å². The number of thioether (sulfide) groups is 1. The lowest BCUT2D eigenvalue weighted by molar-refractivity contribution is 0.0694. The molecule has 1 saturated heterocycles. The van der Waals surface area contributed by atoms with Gasteiger partial charge in [-0.15, -0.1) is 0 Å². The van der Waals surface area contributed by atoms with E-state index in [0.29, 0.717) is 11.8 Å². The van der Waals surface area contributed by atoms with Gasteiger partial charge in [0.05, 0.1) is 5.56 Å². The third-order valence-corrected chi connectivity index (χ3v) is 4.73. The highest BCUT2D eigenvalue weighted by Crippen LogP contribution is 2.31. The Bertz CT molecular complexity index is 464. The first-order chi connectivity index (χ1) is 8.52. The van der Waals surface area contributed by atoms with E-state index in [1.165, 1.54) is 12.1 Å². The molecule has 0 spiro atoms. The maximum absolute atomic E-state index is 12.4. The predicted molar refractivity (Wildman–Crippen MR) is 72.2 cm³/mol. The Morgan fingerprint density at radius 2 is 2.11 bits per heavy atom. The van der Waals surface area contributed by atoms with E-state index >= 15 is 0 Å². The van der Waals surface area contributed by atoms with E-state index in [-0.39, 0.29) is 29.0 Å². The van der Waals surface area contributed by atoms with Gasteiger partial charge in [-0.3, -0.25) is 4.79 Å². The maximum atomic E-state index is 12.4. The molecule has 5 heteroatoms. The molecule has 0 radical (unpaired) electrons. The summed E-state index contributed by atoms with van der Waals surface area (Å²) in [6, 6.07) is 4.59. The zero-order valence-electron chi connectivity index (χ0n) is 10.5. The molecule has 98 valence electrons. The minimum atomic E-state index is -0.333. The number of nitrogens with zero attached hydrogens (tertiary/aromatic N) is 1. The summed E-state index contributed by atoms with van der Waals surface area (Å²) in [7, 11) is 0. The quantitative estimate of drug-likeness (QED) is 0.765. The first-order valence-electron chi connectivity index (χ1n) is 5.96. The van der Waals surface area contributed by atoms with E-state index in [1.54, 1.807) is 11.0 Å². The molecule has 2 unspecified atom stereocenters. The second-order valence-electron chi connectivity index (χ2n) is 4.49. The smallest absolute Gasteiger partial charge is 0.258 e. The van der Waals surface area contributed by atoms with Crippen molar-refractivity contribution in [3.8, 4) is 11.5 Å². The fourth-order valence-electron chi connectivity index (χ4n) is 2.08. The van der Waals surface area contributed by atoms with Gasteiger partial charge < -0.3 is 15.1 Å². The summed E-state index contributed by atoms with van der Waals surface area (Å²) in [5.41, 5.74) is 0.168. The Kier molecular flexibility index (Phi) is 3.71. The number of hydrogen-bond donors (Lipinski definition) is 2. The molecule has 18 heavy (non-hydrogen) atoms. The van der Waals surface area contributed by atoms with E-state index in [9.17, 15) is 15.0 Å². The first-order valence-corrected chi connectivity index (χ1v) is 7.00. The minimum Gasteiger partial charge on any atom is -0.504 e. The molecule has 2 N–H and O–H groups in total. The van der Waals surface area contributed by atoms with Gasteiger partial charge >= 0.3 is 0 Å². The van der Waals surface area contributed by atoms with Crippen LogP contribution < -0.4 is 0 Å². The normalized spacial score (nSPS) is 24.0. The topological polar surface area (TPSA) is 60.8 Å². The molecule has 1 aliphatic rings. The lowest BCUT2D eigenvalue weighted by Crippen LogP contribution is -2.47. The zero-order chi connectivity index (χ0) is 13.3. The molecule has 2 rings (SSSR count). The van der Waals surface area contributed by atoms with Crippen LogP contribution in [0.5, 0.6) is 11.5 Å². The number of rotatable bonds is 1. The largest absolute Gasteiger partial charge is 0.504 e. The van der Waals surface area contributed by atoms with Crippen LogP contribution in [0.3, 0.4) is 0 Å². The fourth-order valence-corrected chi connectivity index (χ4v) is 3.18. The number of amides is 1. The molecule has 1 amide bonds. The van der Waals surface area contributed by atoms with Gasteiger partial charge in [0.25, 0.3) is 5.91 Å². The summed E-state index contributed by atoms with van der Waals surface area (Å²) in [6.07, 6.45) is 0. The van der Waals surface area contributed by atoms with Gasteiger partial charge in [0.15, 0.2) is 11.5 Å². The molecule has 1 heterocycles. The van der Waals surface area contributed by atoms with Crippen LogP contribution in [0, 0.1) is 0 Å². The Morgan fingerprint density at radius 1 is 1.39 bits per heavy atom. The van der Waals surface area contributed by atoms with E-state index < -0.39 is 0 Å². The second-order valence-corrected chi connectivity index (χ2v) is 5.97. The van der Waals surface area contributed by atoms with Crippen LogP contribution in [0.4, 0.5) is 0 Å². The van der Waals surface area contributed by atoms with Gasteiger partial charge in [0.2, 0.25) is 0 Å². The van der Waals surface area contributed by atoms with E-state index in [1.807, 2.05) is 18.7 Å². The molecule has 1 aromatic carbocycles. The molecule has 0 aromatic heterocycles. The van der Waals surface area contributed by atoms with Gasteiger partial charge in [0, 0.05) is 23.6 Å². The molecule has 0 bridgehead atoms. The zero-order valence-corrected chi connectivity index (χ0v) is 11.3. The van der Waals surface area contributed by atoms with Crippen molar-refractivity contribution in [1.29, 1.82) is 0 Å². The summed E-state index contributed by atoms with van der Waals surface area (Å²) < 4.78 is 0. The lowest BCUT2D eigenvalue weighted by Gasteiger charge is -2.37. The number of phenols is 2. The fraction of sp³-hybridized carbons (Fsp3) is 0.462. The molecular weight excluding hydrogens is 250 g/mol. The van der Waals surface area contributed by atoms with Crippen LogP contribution >= 0.6 is 11.8 Å². The van der Waals surface area contributed by atoms with Crippen LogP contribution in [-0.2, 0) is 0 Å². The summed E-state index contributed by atoms with van der Waals surface area (Å²) >= 11 is 1.84. The van der Waals surface area contributed by atoms with Crippen LogP contribution in [0.15, 0.2) is 18.2 Å². The van der Waals surface area contributed by atoms with Crippen LogP contribution in [-0.4, -0.2) is 44.6 Å². The molecule has 1 aromatic rings. The molecule has 2 atom stereocenters. The number of phenolic OH excluding ortho intramolecular Hbond substituents is 2. The third-order valence-electron chi connectivity index (χ3n) is 3.39. The highest BCUT2D eigenvalue weighted by atomic mass is 32.2. The highest BCUT2D eigenvalue weighted by Gasteiger charge is 2.30. The SMILES string of the molecule is CC1SCCN(C(=O)c2cccc(O)c2O)C1C.